The van der Waals surface area contributed by atoms with E-state index in [1.165, 1.54) is 0 Å². The van der Waals surface area contributed by atoms with E-state index < -0.39 is 11.6 Å². The van der Waals surface area contributed by atoms with Gasteiger partial charge in [-0.15, -0.1) is 11.3 Å². The van der Waals surface area contributed by atoms with Crippen molar-refractivity contribution in [3.63, 3.8) is 0 Å². The molecule has 2 N–H and O–H groups in total. The zero-order valence-corrected chi connectivity index (χ0v) is 20.2. The number of ether oxygens (including phenoxy) is 1. The van der Waals surface area contributed by atoms with Crippen molar-refractivity contribution in [2.75, 3.05) is 37.3 Å². The number of fused-ring (bicyclic) bond motifs is 5. The summed E-state index contributed by atoms with van der Waals surface area (Å²) in [6, 6.07) is 2.49. The lowest BCUT2D eigenvalue weighted by atomic mass is 9.94. The number of nitrogens with two attached hydrogens (primary N) is 1. The molecule has 0 aliphatic carbocycles. The topological polar surface area (TPSA) is 104 Å². The summed E-state index contributed by atoms with van der Waals surface area (Å²) in [5.74, 6) is -0.143. The summed E-state index contributed by atoms with van der Waals surface area (Å²) >= 11 is 0.959. The van der Waals surface area contributed by atoms with Crippen molar-refractivity contribution in [2.24, 2.45) is 5.92 Å². The Morgan fingerprint density at radius 2 is 2.03 bits per heavy atom. The third-order valence-electron chi connectivity index (χ3n) is 7.84. The van der Waals surface area contributed by atoms with Crippen LogP contribution in [0.3, 0.4) is 0 Å². The second-order valence-electron chi connectivity index (χ2n) is 9.68. The fourth-order valence-electron chi connectivity index (χ4n) is 6.03. The summed E-state index contributed by atoms with van der Waals surface area (Å²) in [6.07, 6.45) is 3.85. The minimum absolute atomic E-state index is 0.0975. The van der Waals surface area contributed by atoms with Crippen LogP contribution in [0.1, 0.15) is 23.1 Å². The van der Waals surface area contributed by atoms with Crippen LogP contribution in [0.4, 0.5) is 19.7 Å². The van der Waals surface area contributed by atoms with Crippen LogP contribution in [0.2, 0.25) is 0 Å². The number of hydrogen-bond acceptors (Lipinski definition) is 9. The normalized spacial score (nSPS) is 21.4. The molecule has 0 saturated carbocycles. The molecule has 0 spiro atoms. The van der Waals surface area contributed by atoms with Crippen LogP contribution in [0.15, 0.2) is 12.4 Å². The standard InChI is InChI=1S/C25H21F2N7OS/c1-33-3-2-11-7-34(8-17(11)33)25-31-5-13-14-9-35-10-15(14)18(20(27)21(13)32-25)22-19-12(4-28)24(29)36-23(19)16(26)6-30-22/h5-6,11,17H,2-3,7-10,29H2,1H3/t11-,17+/m0/s1. The molecule has 3 aliphatic rings. The first-order valence-corrected chi connectivity index (χ1v) is 12.6. The van der Waals surface area contributed by atoms with Gasteiger partial charge in [0.25, 0.3) is 0 Å². The lowest BCUT2D eigenvalue weighted by molar-refractivity contribution is 0.135. The minimum Gasteiger partial charge on any atom is -0.389 e. The molecule has 7 rings (SSSR count). The van der Waals surface area contributed by atoms with Gasteiger partial charge in [0.05, 0.1) is 35.4 Å². The molecule has 11 heteroatoms. The molecule has 0 amide bonds. The highest BCUT2D eigenvalue weighted by Gasteiger charge is 2.40. The van der Waals surface area contributed by atoms with E-state index in [9.17, 15) is 9.65 Å². The van der Waals surface area contributed by atoms with Gasteiger partial charge in [0.2, 0.25) is 5.95 Å². The molecule has 0 bridgehead atoms. The number of nitriles is 1. The molecule has 182 valence electrons. The number of halogens is 2. The van der Waals surface area contributed by atoms with Gasteiger partial charge in [-0.2, -0.15) is 5.26 Å². The van der Waals surface area contributed by atoms with Crippen LogP contribution in [0.5, 0.6) is 0 Å². The molecule has 2 saturated heterocycles. The Kier molecular flexibility index (Phi) is 4.70. The van der Waals surface area contributed by atoms with Crippen LogP contribution in [0, 0.1) is 28.9 Å². The summed E-state index contributed by atoms with van der Waals surface area (Å²) < 4.78 is 36.9. The van der Waals surface area contributed by atoms with E-state index in [1.807, 2.05) is 6.07 Å². The van der Waals surface area contributed by atoms with Gasteiger partial charge in [-0.25, -0.2) is 18.7 Å². The van der Waals surface area contributed by atoms with Crippen molar-refractivity contribution in [1.29, 1.82) is 5.26 Å². The van der Waals surface area contributed by atoms with Gasteiger partial charge in [0, 0.05) is 41.7 Å². The first-order valence-electron chi connectivity index (χ1n) is 11.8. The maximum Gasteiger partial charge on any atom is 0.226 e. The van der Waals surface area contributed by atoms with Crippen molar-refractivity contribution in [3.05, 3.63) is 40.7 Å². The predicted octanol–water partition coefficient (Wildman–Crippen LogP) is 3.81. The Bertz CT molecular complexity index is 1630. The number of likely N-dealkylation sites (N-methyl/N-ethyl adjacent to an activating group) is 1. The Labute approximate surface area is 208 Å². The van der Waals surface area contributed by atoms with Crippen LogP contribution in [0.25, 0.3) is 32.2 Å². The maximum absolute atomic E-state index is 16.4. The van der Waals surface area contributed by atoms with E-state index in [1.54, 1.807) is 6.20 Å². The molecular formula is C25H21F2N7OS. The highest BCUT2D eigenvalue weighted by atomic mass is 32.1. The van der Waals surface area contributed by atoms with Gasteiger partial charge in [-0.05, 0) is 37.1 Å². The summed E-state index contributed by atoms with van der Waals surface area (Å²) in [6.45, 7) is 3.17. The molecule has 4 aromatic rings. The second-order valence-corrected chi connectivity index (χ2v) is 10.7. The quantitative estimate of drug-likeness (QED) is 0.439. The van der Waals surface area contributed by atoms with Crippen LogP contribution in [-0.2, 0) is 18.0 Å². The van der Waals surface area contributed by atoms with Crippen molar-refractivity contribution in [1.82, 2.24) is 19.9 Å². The molecule has 36 heavy (non-hydrogen) atoms. The van der Waals surface area contributed by atoms with E-state index >= 15 is 4.39 Å². The zero-order chi connectivity index (χ0) is 24.7. The van der Waals surface area contributed by atoms with Crippen molar-refractivity contribution >= 4 is 43.3 Å². The van der Waals surface area contributed by atoms with E-state index in [4.69, 9.17) is 15.5 Å². The fraction of sp³-hybridized carbons (Fsp3) is 0.360. The number of nitrogen functional groups attached to an aromatic ring is 1. The monoisotopic (exact) mass is 505 g/mol. The highest BCUT2D eigenvalue weighted by Crippen LogP contribution is 2.45. The largest absolute Gasteiger partial charge is 0.389 e. The number of aromatic nitrogens is 3. The third kappa shape index (κ3) is 2.92. The number of benzene rings is 1. The lowest BCUT2D eigenvalue weighted by Crippen LogP contribution is -2.32. The number of thiophene rings is 1. The molecule has 1 aromatic carbocycles. The van der Waals surface area contributed by atoms with Crippen molar-refractivity contribution in [3.8, 4) is 17.3 Å². The molecule has 2 atom stereocenters. The van der Waals surface area contributed by atoms with Crippen molar-refractivity contribution < 1.29 is 13.5 Å². The zero-order valence-electron chi connectivity index (χ0n) is 19.4. The van der Waals surface area contributed by atoms with Gasteiger partial charge in [0.1, 0.15) is 16.6 Å². The Hall–Kier alpha value is -3.46. The molecule has 0 unspecified atom stereocenters. The van der Waals surface area contributed by atoms with Gasteiger partial charge in [-0.1, -0.05) is 0 Å². The molecule has 3 aromatic heterocycles. The van der Waals surface area contributed by atoms with E-state index in [0.717, 1.165) is 49.2 Å². The Morgan fingerprint density at radius 1 is 1.19 bits per heavy atom. The number of pyridine rings is 1. The summed E-state index contributed by atoms with van der Waals surface area (Å²) in [4.78, 5) is 18.0. The molecule has 3 aliphatic heterocycles. The van der Waals surface area contributed by atoms with Gasteiger partial charge in [0.15, 0.2) is 11.6 Å². The molecule has 2 fully saturated rings. The summed E-state index contributed by atoms with van der Waals surface area (Å²) in [5, 5.41) is 10.7. The number of anilines is 2. The minimum atomic E-state index is -0.602. The second kappa shape index (κ2) is 7.77. The van der Waals surface area contributed by atoms with E-state index in [2.05, 4.69) is 26.8 Å². The first kappa shape index (κ1) is 21.8. The summed E-state index contributed by atoms with van der Waals surface area (Å²) in [5.41, 5.74) is 8.03. The van der Waals surface area contributed by atoms with Gasteiger partial charge >= 0.3 is 0 Å². The lowest BCUT2D eigenvalue weighted by Gasteiger charge is -2.21. The average Bonchev–Trinajstić information content (AvgIpc) is 3.65. The Balaban J connectivity index is 1.45. The number of rotatable bonds is 2. The summed E-state index contributed by atoms with van der Waals surface area (Å²) in [7, 11) is 2.13. The smallest absolute Gasteiger partial charge is 0.226 e. The van der Waals surface area contributed by atoms with Crippen LogP contribution in [-0.4, -0.2) is 52.6 Å². The third-order valence-corrected chi connectivity index (χ3v) is 8.87. The van der Waals surface area contributed by atoms with Crippen LogP contribution >= 0.6 is 11.3 Å². The van der Waals surface area contributed by atoms with Gasteiger partial charge in [-0.3, -0.25) is 4.98 Å². The van der Waals surface area contributed by atoms with E-state index in [0.29, 0.717) is 28.9 Å². The fourth-order valence-corrected chi connectivity index (χ4v) is 6.95. The number of likely N-dealkylation sites (tertiary alicyclic amines) is 1. The molecular weight excluding hydrogens is 484 g/mol. The average molecular weight is 506 g/mol. The molecule has 0 radical (unpaired) electrons. The molecule has 8 nitrogen and oxygen atoms in total. The number of nitrogens with zero attached hydrogens (tertiary/aromatic N) is 6. The predicted molar refractivity (Wildman–Crippen MR) is 132 cm³/mol. The Morgan fingerprint density at radius 3 is 2.83 bits per heavy atom. The number of hydrogen-bond donors (Lipinski definition) is 1. The molecule has 6 heterocycles. The van der Waals surface area contributed by atoms with Crippen molar-refractivity contribution in [2.45, 2.75) is 25.7 Å². The maximum atomic E-state index is 16.4. The SMILES string of the molecule is CN1CC[C@H]2CN(c3ncc4c5c(c(-c6ncc(F)c7sc(N)c(C#N)c67)c(F)c4n3)COC5)C[C@H]21. The first-order chi connectivity index (χ1) is 17.5. The highest BCUT2D eigenvalue weighted by molar-refractivity contribution is 7.23. The van der Waals surface area contributed by atoms with E-state index in [-0.39, 0.29) is 50.6 Å². The van der Waals surface area contributed by atoms with Gasteiger partial charge < -0.3 is 20.3 Å². The van der Waals surface area contributed by atoms with Crippen LogP contribution < -0.4 is 10.6 Å².